The van der Waals surface area contributed by atoms with Gasteiger partial charge >= 0.3 is 0 Å². The van der Waals surface area contributed by atoms with Crippen molar-refractivity contribution in [1.29, 1.82) is 0 Å². The summed E-state index contributed by atoms with van der Waals surface area (Å²) in [6, 6.07) is 4.57. The van der Waals surface area contributed by atoms with Crippen molar-refractivity contribution in [3.63, 3.8) is 0 Å². The normalized spacial score (nSPS) is 16.3. The van der Waals surface area contributed by atoms with Crippen LogP contribution in [0, 0.1) is 0 Å². The summed E-state index contributed by atoms with van der Waals surface area (Å²) >= 11 is 9.29. The number of alkyl halides is 1. The Morgan fingerprint density at radius 2 is 2.17 bits per heavy atom. The number of carbonyl (C=O) groups is 2. The molecule has 1 unspecified atom stereocenters. The van der Waals surface area contributed by atoms with Gasteiger partial charge in [0.05, 0.1) is 5.02 Å². The van der Waals surface area contributed by atoms with Crippen LogP contribution in [0.2, 0.25) is 5.02 Å². The summed E-state index contributed by atoms with van der Waals surface area (Å²) in [5.41, 5.74) is -1.40. The maximum Gasteiger partial charge on any atom is 0.270 e. The number of pyridine rings is 1. The number of likely N-dealkylation sites (N-methyl/N-ethyl adjacent to an activating group) is 1. The van der Waals surface area contributed by atoms with E-state index >= 15 is 0 Å². The standard InChI is InChI=1S/C17H14BrClF3N5O2/c1-26(13(22)10(21)8-20)16(29)17(4-5-17)24-15(28)11-7-12(18)25-27(11)14-9(19)3-2-6-23-14/h2-3,6-8,13H,4-5H2,1H3,(H,24,28). The maximum atomic E-state index is 13.9. The zero-order valence-electron chi connectivity index (χ0n) is 14.9. The van der Waals surface area contributed by atoms with Crippen LogP contribution in [-0.2, 0) is 4.79 Å². The molecule has 1 fully saturated rings. The minimum absolute atomic E-state index is 0.0193. The van der Waals surface area contributed by atoms with Crippen molar-refractivity contribution in [3.05, 3.63) is 51.9 Å². The smallest absolute Gasteiger partial charge is 0.270 e. The number of rotatable bonds is 6. The quantitative estimate of drug-likeness (QED) is 0.626. The van der Waals surface area contributed by atoms with Crippen molar-refractivity contribution >= 4 is 39.3 Å². The lowest BCUT2D eigenvalue weighted by molar-refractivity contribution is -0.137. The largest absolute Gasteiger partial charge is 0.336 e. The highest BCUT2D eigenvalue weighted by atomic mass is 79.9. The zero-order valence-corrected chi connectivity index (χ0v) is 17.2. The molecule has 7 nitrogen and oxygen atoms in total. The summed E-state index contributed by atoms with van der Waals surface area (Å²) < 4.78 is 40.7. The van der Waals surface area contributed by atoms with Crippen LogP contribution in [0.5, 0.6) is 0 Å². The number of nitrogens with one attached hydrogen (secondary N) is 1. The van der Waals surface area contributed by atoms with Gasteiger partial charge in [-0.2, -0.15) is 5.10 Å². The van der Waals surface area contributed by atoms with Crippen LogP contribution in [0.3, 0.4) is 0 Å². The molecule has 0 aromatic carbocycles. The van der Waals surface area contributed by atoms with Crippen molar-refractivity contribution in [1.82, 2.24) is 25.0 Å². The van der Waals surface area contributed by atoms with Gasteiger partial charge in [0.2, 0.25) is 6.30 Å². The van der Waals surface area contributed by atoms with E-state index in [0.717, 1.165) is 7.05 Å². The van der Waals surface area contributed by atoms with E-state index in [1.165, 1.54) is 16.9 Å². The van der Waals surface area contributed by atoms with E-state index in [-0.39, 0.29) is 29.4 Å². The molecule has 154 valence electrons. The second-order valence-corrected chi connectivity index (χ2v) is 7.57. The third-order valence-electron chi connectivity index (χ3n) is 4.36. The molecule has 2 amide bonds. The Morgan fingerprint density at radius 1 is 1.48 bits per heavy atom. The van der Waals surface area contributed by atoms with Crippen LogP contribution in [0.4, 0.5) is 13.2 Å². The van der Waals surface area contributed by atoms with Crippen molar-refractivity contribution in [2.75, 3.05) is 7.05 Å². The Labute approximate surface area is 176 Å². The summed E-state index contributed by atoms with van der Waals surface area (Å²) in [6.45, 7) is 0. The molecule has 1 N–H and O–H groups in total. The van der Waals surface area contributed by atoms with Gasteiger partial charge in [0.15, 0.2) is 11.6 Å². The van der Waals surface area contributed by atoms with Crippen molar-refractivity contribution in [2.24, 2.45) is 0 Å². The molecule has 3 rings (SSSR count). The fraction of sp³-hybridized carbons (Fsp3) is 0.294. The second-order valence-electron chi connectivity index (χ2n) is 6.36. The predicted molar refractivity (Wildman–Crippen MR) is 101 cm³/mol. The Morgan fingerprint density at radius 3 is 2.76 bits per heavy atom. The van der Waals surface area contributed by atoms with E-state index < -0.39 is 35.8 Å². The van der Waals surface area contributed by atoms with E-state index in [1.807, 2.05) is 0 Å². The molecule has 0 radical (unpaired) electrons. The van der Waals surface area contributed by atoms with Crippen LogP contribution < -0.4 is 5.32 Å². The minimum Gasteiger partial charge on any atom is -0.336 e. The van der Waals surface area contributed by atoms with Gasteiger partial charge in [-0.3, -0.25) is 9.59 Å². The van der Waals surface area contributed by atoms with Crippen LogP contribution in [0.1, 0.15) is 23.3 Å². The number of amides is 2. The number of hydrogen-bond donors (Lipinski definition) is 1. The fourth-order valence-electron chi connectivity index (χ4n) is 2.68. The molecule has 1 saturated carbocycles. The monoisotopic (exact) mass is 491 g/mol. The van der Waals surface area contributed by atoms with Gasteiger partial charge in [-0.25, -0.2) is 22.8 Å². The minimum atomic E-state index is -2.59. The molecule has 1 atom stereocenters. The number of hydrogen-bond acceptors (Lipinski definition) is 4. The van der Waals surface area contributed by atoms with Gasteiger partial charge < -0.3 is 10.2 Å². The molecule has 12 heteroatoms. The van der Waals surface area contributed by atoms with Crippen LogP contribution >= 0.6 is 27.5 Å². The lowest BCUT2D eigenvalue weighted by Gasteiger charge is -2.26. The SMILES string of the molecule is CN(C(=O)C1(NC(=O)c2cc(Br)nn2-c2ncccc2Cl)CC1)C(F)C(F)=CF. The Bertz CT molecular complexity index is 995. The van der Waals surface area contributed by atoms with Gasteiger partial charge in [-0.1, -0.05) is 11.6 Å². The molecule has 0 spiro atoms. The first kappa shape index (κ1) is 21.3. The lowest BCUT2D eigenvalue weighted by Crippen LogP contribution is -2.51. The van der Waals surface area contributed by atoms with Crippen LogP contribution in [0.15, 0.2) is 41.2 Å². The molecule has 1 aliphatic rings. The van der Waals surface area contributed by atoms with Gasteiger partial charge in [0, 0.05) is 19.3 Å². The van der Waals surface area contributed by atoms with Crippen molar-refractivity contribution < 1.29 is 22.8 Å². The highest BCUT2D eigenvalue weighted by Gasteiger charge is 2.54. The van der Waals surface area contributed by atoms with Crippen LogP contribution in [0.25, 0.3) is 5.82 Å². The summed E-state index contributed by atoms with van der Waals surface area (Å²) in [6.07, 6.45) is -1.24. The number of aromatic nitrogens is 3. The number of halogens is 5. The topological polar surface area (TPSA) is 80.1 Å². The Kier molecular flexibility index (Phi) is 5.99. The third kappa shape index (κ3) is 4.15. The van der Waals surface area contributed by atoms with E-state index in [0.29, 0.717) is 9.50 Å². The molecule has 1 aliphatic carbocycles. The second kappa shape index (κ2) is 8.15. The molecular weight excluding hydrogens is 479 g/mol. The first-order chi connectivity index (χ1) is 13.7. The fourth-order valence-corrected chi connectivity index (χ4v) is 3.26. The molecule has 0 aliphatic heterocycles. The third-order valence-corrected chi connectivity index (χ3v) is 5.04. The van der Waals surface area contributed by atoms with Crippen LogP contribution in [-0.4, -0.2) is 50.4 Å². The number of carbonyl (C=O) groups excluding carboxylic acids is 2. The van der Waals surface area contributed by atoms with E-state index in [9.17, 15) is 22.8 Å². The Balaban J connectivity index is 1.84. The highest BCUT2D eigenvalue weighted by molar-refractivity contribution is 9.10. The summed E-state index contributed by atoms with van der Waals surface area (Å²) in [5, 5.41) is 6.90. The zero-order chi connectivity index (χ0) is 21.3. The molecular formula is C17H14BrClF3N5O2. The number of nitrogens with zero attached hydrogens (tertiary/aromatic N) is 4. The molecule has 2 heterocycles. The first-order valence-corrected chi connectivity index (χ1v) is 9.43. The molecule has 0 bridgehead atoms. The first-order valence-electron chi connectivity index (χ1n) is 8.26. The summed E-state index contributed by atoms with van der Waals surface area (Å²) in [5.74, 6) is -3.12. The summed E-state index contributed by atoms with van der Waals surface area (Å²) in [4.78, 5) is 29.9. The van der Waals surface area contributed by atoms with E-state index in [1.54, 1.807) is 12.1 Å². The van der Waals surface area contributed by atoms with Crippen molar-refractivity contribution in [2.45, 2.75) is 24.7 Å². The van der Waals surface area contributed by atoms with Gasteiger partial charge in [-0.05, 0) is 40.9 Å². The average molecular weight is 493 g/mol. The highest BCUT2D eigenvalue weighted by Crippen LogP contribution is 2.38. The van der Waals surface area contributed by atoms with Gasteiger partial charge in [0.1, 0.15) is 22.2 Å². The average Bonchev–Trinajstić information content (AvgIpc) is 3.38. The van der Waals surface area contributed by atoms with E-state index in [4.69, 9.17) is 11.6 Å². The molecule has 2 aromatic rings. The Hall–Kier alpha value is -2.40. The van der Waals surface area contributed by atoms with Gasteiger partial charge in [-0.15, -0.1) is 0 Å². The predicted octanol–water partition coefficient (Wildman–Crippen LogP) is 3.48. The van der Waals surface area contributed by atoms with Crippen molar-refractivity contribution in [3.8, 4) is 5.82 Å². The molecule has 29 heavy (non-hydrogen) atoms. The van der Waals surface area contributed by atoms with E-state index in [2.05, 4.69) is 31.3 Å². The maximum absolute atomic E-state index is 13.9. The summed E-state index contributed by atoms with van der Waals surface area (Å²) in [7, 11) is 0.983. The van der Waals surface area contributed by atoms with Gasteiger partial charge in [0.25, 0.3) is 11.8 Å². The lowest BCUT2D eigenvalue weighted by atomic mass is 10.2. The molecule has 0 saturated heterocycles. The molecule has 2 aromatic heterocycles.